The highest BCUT2D eigenvalue weighted by molar-refractivity contribution is 6.30. The summed E-state index contributed by atoms with van der Waals surface area (Å²) in [4.78, 5) is 2.07. The van der Waals surface area contributed by atoms with Crippen LogP contribution >= 0.6 is 11.6 Å². The van der Waals surface area contributed by atoms with Crippen LogP contribution in [0.3, 0.4) is 0 Å². The third kappa shape index (κ3) is 3.42. The molecule has 0 atom stereocenters. The van der Waals surface area contributed by atoms with Gasteiger partial charge < -0.3 is 10.6 Å². The Labute approximate surface area is 124 Å². The molecule has 2 aromatic rings. The van der Waals surface area contributed by atoms with Crippen molar-refractivity contribution in [2.75, 3.05) is 17.2 Å². The van der Waals surface area contributed by atoms with Gasteiger partial charge in [0.05, 0.1) is 11.4 Å². The number of hydrogen-bond donors (Lipinski definition) is 1. The van der Waals surface area contributed by atoms with Crippen molar-refractivity contribution >= 4 is 23.0 Å². The lowest BCUT2D eigenvalue weighted by Gasteiger charge is -2.26. The standard InChI is InChI=1S/C16H18ClFN2/c1-2-9-20(16-6-4-3-5-15(16)19)11-12-10-13(17)7-8-14(12)18/h3-8,10H,2,9,11,19H2,1H3. The smallest absolute Gasteiger partial charge is 0.128 e. The molecule has 106 valence electrons. The van der Waals surface area contributed by atoms with Crippen molar-refractivity contribution in [3.63, 3.8) is 0 Å². The molecule has 20 heavy (non-hydrogen) atoms. The number of para-hydroxylation sites is 2. The van der Waals surface area contributed by atoms with Crippen LogP contribution in [0.1, 0.15) is 18.9 Å². The van der Waals surface area contributed by atoms with Gasteiger partial charge in [0.25, 0.3) is 0 Å². The maximum Gasteiger partial charge on any atom is 0.128 e. The van der Waals surface area contributed by atoms with Crippen LogP contribution in [-0.4, -0.2) is 6.54 Å². The molecule has 0 saturated heterocycles. The van der Waals surface area contributed by atoms with Gasteiger partial charge in [-0.3, -0.25) is 0 Å². The second kappa shape index (κ2) is 6.62. The van der Waals surface area contributed by atoms with E-state index in [0.29, 0.717) is 22.8 Å². The number of nitrogens with two attached hydrogens (primary N) is 1. The van der Waals surface area contributed by atoms with Gasteiger partial charge in [-0.15, -0.1) is 0 Å². The van der Waals surface area contributed by atoms with E-state index in [1.54, 1.807) is 12.1 Å². The van der Waals surface area contributed by atoms with Crippen molar-refractivity contribution in [2.45, 2.75) is 19.9 Å². The van der Waals surface area contributed by atoms with Crippen LogP contribution in [-0.2, 0) is 6.54 Å². The minimum absolute atomic E-state index is 0.245. The van der Waals surface area contributed by atoms with Crippen LogP contribution in [0.25, 0.3) is 0 Å². The van der Waals surface area contributed by atoms with Crippen molar-refractivity contribution in [2.24, 2.45) is 0 Å². The summed E-state index contributed by atoms with van der Waals surface area (Å²) in [7, 11) is 0. The number of rotatable bonds is 5. The Balaban J connectivity index is 2.30. The molecule has 0 unspecified atom stereocenters. The molecule has 0 aliphatic rings. The first-order valence-corrected chi connectivity index (χ1v) is 7.03. The van der Waals surface area contributed by atoms with Crippen LogP contribution in [0.5, 0.6) is 0 Å². The summed E-state index contributed by atoms with van der Waals surface area (Å²) >= 11 is 5.94. The van der Waals surface area contributed by atoms with E-state index in [2.05, 4.69) is 11.8 Å². The lowest BCUT2D eigenvalue weighted by molar-refractivity contribution is 0.603. The van der Waals surface area contributed by atoms with Crippen molar-refractivity contribution in [3.8, 4) is 0 Å². The maximum atomic E-state index is 13.9. The Morgan fingerprint density at radius 2 is 1.95 bits per heavy atom. The Bertz CT molecular complexity index is 586. The highest BCUT2D eigenvalue weighted by Gasteiger charge is 2.12. The normalized spacial score (nSPS) is 10.6. The van der Waals surface area contributed by atoms with E-state index < -0.39 is 0 Å². The van der Waals surface area contributed by atoms with Crippen LogP contribution in [0, 0.1) is 5.82 Å². The van der Waals surface area contributed by atoms with Gasteiger partial charge in [-0.05, 0) is 36.8 Å². The van der Waals surface area contributed by atoms with E-state index in [1.165, 1.54) is 6.07 Å². The van der Waals surface area contributed by atoms with E-state index in [1.807, 2.05) is 24.3 Å². The van der Waals surface area contributed by atoms with Gasteiger partial charge in [0, 0.05) is 23.7 Å². The summed E-state index contributed by atoms with van der Waals surface area (Å²) in [6.45, 7) is 3.34. The van der Waals surface area contributed by atoms with Gasteiger partial charge in [0.1, 0.15) is 5.82 Å². The van der Waals surface area contributed by atoms with Gasteiger partial charge in [-0.2, -0.15) is 0 Å². The SMILES string of the molecule is CCCN(Cc1cc(Cl)ccc1F)c1ccccc1N. The highest BCUT2D eigenvalue weighted by Crippen LogP contribution is 2.26. The fraction of sp³-hybridized carbons (Fsp3) is 0.250. The molecule has 2 aromatic carbocycles. The molecule has 0 saturated carbocycles. The minimum atomic E-state index is -0.245. The maximum absolute atomic E-state index is 13.9. The number of halogens is 2. The van der Waals surface area contributed by atoms with Crippen molar-refractivity contribution in [3.05, 3.63) is 58.9 Å². The molecular weight excluding hydrogens is 275 g/mol. The lowest BCUT2D eigenvalue weighted by Crippen LogP contribution is -2.25. The van der Waals surface area contributed by atoms with Gasteiger partial charge in [0.15, 0.2) is 0 Å². The van der Waals surface area contributed by atoms with Crippen LogP contribution in [0.2, 0.25) is 5.02 Å². The Morgan fingerprint density at radius 1 is 1.20 bits per heavy atom. The quantitative estimate of drug-likeness (QED) is 0.823. The van der Waals surface area contributed by atoms with Gasteiger partial charge in [-0.1, -0.05) is 30.7 Å². The van der Waals surface area contributed by atoms with E-state index in [9.17, 15) is 4.39 Å². The van der Waals surface area contributed by atoms with Crippen molar-refractivity contribution in [1.82, 2.24) is 0 Å². The monoisotopic (exact) mass is 292 g/mol. The van der Waals surface area contributed by atoms with Crippen LogP contribution in [0.4, 0.5) is 15.8 Å². The molecule has 0 fully saturated rings. The Kier molecular flexibility index (Phi) is 4.85. The summed E-state index contributed by atoms with van der Waals surface area (Å²) < 4.78 is 13.9. The fourth-order valence-corrected chi connectivity index (χ4v) is 2.39. The summed E-state index contributed by atoms with van der Waals surface area (Å²) in [5.74, 6) is -0.245. The molecule has 0 aromatic heterocycles. The molecule has 0 amide bonds. The molecule has 0 aliphatic carbocycles. The second-order valence-electron chi connectivity index (χ2n) is 4.72. The highest BCUT2D eigenvalue weighted by atomic mass is 35.5. The molecule has 0 aliphatic heterocycles. The topological polar surface area (TPSA) is 29.3 Å². The first-order chi connectivity index (χ1) is 9.61. The van der Waals surface area contributed by atoms with Gasteiger partial charge in [0.2, 0.25) is 0 Å². The van der Waals surface area contributed by atoms with Gasteiger partial charge in [-0.25, -0.2) is 4.39 Å². The first-order valence-electron chi connectivity index (χ1n) is 6.65. The number of nitrogens with zero attached hydrogens (tertiary/aromatic N) is 1. The van der Waals surface area contributed by atoms with Crippen LogP contribution < -0.4 is 10.6 Å². The number of anilines is 2. The number of hydrogen-bond acceptors (Lipinski definition) is 2. The van der Waals surface area contributed by atoms with E-state index in [0.717, 1.165) is 18.7 Å². The average molecular weight is 293 g/mol. The first kappa shape index (κ1) is 14.7. The van der Waals surface area contributed by atoms with E-state index in [4.69, 9.17) is 17.3 Å². The third-order valence-electron chi connectivity index (χ3n) is 3.14. The molecule has 2 rings (SSSR count). The zero-order valence-electron chi connectivity index (χ0n) is 11.4. The summed E-state index contributed by atoms with van der Waals surface area (Å²) in [5.41, 5.74) is 8.21. The lowest BCUT2D eigenvalue weighted by atomic mass is 10.1. The van der Waals surface area contributed by atoms with Gasteiger partial charge >= 0.3 is 0 Å². The zero-order chi connectivity index (χ0) is 14.5. The summed E-state index contributed by atoms with van der Waals surface area (Å²) in [5, 5.41) is 0.541. The van der Waals surface area contributed by atoms with E-state index >= 15 is 0 Å². The van der Waals surface area contributed by atoms with Crippen molar-refractivity contribution < 1.29 is 4.39 Å². The molecule has 2 nitrogen and oxygen atoms in total. The largest absolute Gasteiger partial charge is 0.397 e. The predicted molar refractivity (Wildman–Crippen MR) is 83.6 cm³/mol. The summed E-state index contributed by atoms with van der Waals surface area (Å²) in [6.07, 6.45) is 0.955. The van der Waals surface area contributed by atoms with Crippen LogP contribution in [0.15, 0.2) is 42.5 Å². The summed E-state index contributed by atoms with van der Waals surface area (Å²) in [6, 6.07) is 12.3. The van der Waals surface area contributed by atoms with Crippen molar-refractivity contribution in [1.29, 1.82) is 0 Å². The minimum Gasteiger partial charge on any atom is -0.397 e. The molecular formula is C16H18ClFN2. The molecule has 2 N–H and O–H groups in total. The molecule has 0 radical (unpaired) electrons. The molecule has 0 heterocycles. The van der Waals surface area contributed by atoms with E-state index in [-0.39, 0.29) is 5.82 Å². The number of benzene rings is 2. The zero-order valence-corrected chi connectivity index (χ0v) is 12.2. The number of nitrogen functional groups attached to an aromatic ring is 1. The predicted octanol–water partition coefficient (Wildman–Crippen LogP) is 4.48. The average Bonchev–Trinajstić information content (AvgIpc) is 2.43. The molecule has 4 heteroatoms. The molecule has 0 spiro atoms. The third-order valence-corrected chi connectivity index (χ3v) is 3.38. The molecule has 0 bridgehead atoms. The fourth-order valence-electron chi connectivity index (χ4n) is 2.20. The Hall–Kier alpha value is -1.74. The second-order valence-corrected chi connectivity index (χ2v) is 5.15. The Morgan fingerprint density at radius 3 is 2.65 bits per heavy atom.